The van der Waals surface area contributed by atoms with Crippen LogP contribution in [0.3, 0.4) is 0 Å². The molecule has 8 nitrogen and oxygen atoms in total. The van der Waals surface area contributed by atoms with E-state index < -0.39 is 0 Å². The van der Waals surface area contributed by atoms with Gasteiger partial charge in [-0.1, -0.05) is 17.3 Å². The van der Waals surface area contributed by atoms with Crippen LogP contribution in [0.15, 0.2) is 53.3 Å². The second-order valence-electron chi connectivity index (χ2n) is 7.03. The maximum atomic E-state index is 13.2. The monoisotopic (exact) mass is 422 g/mol. The van der Waals surface area contributed by atoms with Crippen LogP contribution < -0.4 is 9.47 Å². The molecule has 2 aromatic heterocycles. The normalized spacial score (nSPS) is 15.5. The van der Waals surface area contributed by atoms with Gasteiger partial charge in [-0.2, -0.15) is 4.98 Å². The zero-order chi connectivity index (χ0) is 21.4. The smallest absolute Gasteiger partial charge is 0.278 e. The van der Waals surface area contributed by atoms with Crippen LogP contribution in [0.4, 0.5) is 4.39 Å². The molecule has 5 rings (SSSR count). The van der Waals surface area contributed by atoms with Gasteiger partial charge in [-0.25, -0.2) is 9.37 Å². The maximum Gasteiger partial charge on any atom is 0.278 e. The highest BCUT2D eigenvalue weighted by Crippen LogP contribution is 2.35. The third kappa shape index (κ3) is 3.53. The number of rotatable bonds is 5. The van der Waals surface area contributed by atoms with Gasteiger partial charge in [-0.3, -0.25) is 0 Å². The number of imidazole rings is 1. The Labute approximate surface area is 177 Å². The molecule has 0 saturated carbocycles. The van der Waals surface area contributed by atoms with E-state index in [0.717, 1.165) is 11.3 Å². The van der Waals surface area contributed by atoms with Crippen LogP contribution >= 0.6 is 0 Å². The van der Waals surface area contributed by atoms with E-state index in [1.54, 1.807) is 44.8 Å². The molecule has 0 radical (unpaired) electrons. The fourth-order valence-corrected chi connectivity index (χ4v) is 3.60. The lowest BCUT2D eigenvalue weighted by molar-refractivity contribution is 0.00326. The summed E-state index contributed by atoms with van der Waals surface area (Å²) in [7, 11) is 3.16. The summed E-state index contributed by atoms with van der Waals surface area (Å²) < 4.78 is 37.3. The minimum atomic E-state index is -0.272. The van der Waals surface area contributed by atoms with E-state index in [2.05, 4.69) is 15.1 Å². The molecule has 1 unspecified atom stereocenters. The second-order valence-corrected chi connectivity index (χ2v) is 7.03. The Kier molecular flexibility index (Phi) is 4.87. The van der Waals surface area contributed by atoms with Crippen LogP contribution in [0.1, 0.15) is 17.4 Å². The molecule has 0 bridgehead atoms. The standard InChI is InChI=1S/C22H19FN4O4/c1-28-15-7-8-16(18(9-15)29-2)21-25-22(31-26-21)20-17-11-30-19(10-27(17)12-24-20)13-3-5-14(23)6-4-13/h3-9,12,19H,10-11H2,1-2H3. The summed E-state index contributed by atoms with van der Waals surface area (Å²) in [6.07, 6.45) is 1.54. The fraction of sp³-hybridized carbons (Fsp3) is 0.227. The molecule has 9 heteroatoms. The second kappa shape index (κ2) is 7.84. The summed E-state index contributed by atoms with van der Waals surface area (Å²) in [5, 5.41) is 4.09. The van der Waals surface area contributed by atoms with Gasteiger partial charge in [0, 0.05) is 6.07 Å². The van der Waals surface area contributed by atoms with Crippen molar-refractivity contribution in [1.82, 2.24) is 19.7 Å². The van der Waals surface area contributed by atoms with Gasteiger partial charge in [-0.05, 0) is 29.8 Å². The van der Waals surface area contributed by atoms with Crippen LogP contribution in [0.5, 0.6) is 11.5 Å². The Hall–Kier alpha value is -3.72. The first-order valence-electron chi connectivity index (χ1n) is 9.64. The molecule has 1 aliphatic heterocycles. The van der Waals surface area contributed by atoms with Crippen molar-refractivity contribution in [3.05, 3.63) is 65.9 Å². The Morgan fingerprint density at radius 2 is 1.94 bits per heavy atom. The van der Waals surface area contributed by atoms with Crippen LogP contribution in [-0.4, -0.2) is 33.9 Å². The molecule has 0 amide bonds. The van der Waals surface area contributed by atoms with Gasteiger partial charge >= 0.3 is 0 Å². The Morgan fingerprint density at radius 3 is 2.71 bits per heavy atom. The first kappa shape index (κ1) is 19.3. The molecule has 0 spiro atoms. The molecule has 0 aliphatic carbocycles. The van der Waals surface area contributed by atoms with Crippen LogP contribution in [0, 0.1) is 5.82 Å². The predicted octanol–water partition coefficient (Wildman–Crippen LogP) is 4.03. The molecule has 31 heavy (non-hydrogen) atoms. The lowest BCUT2D eigenvalue weighted by atomic mass is 10.1. The molecule has 1 aliphatic rings. The van der Waals surface area contributed by atoms with E-state index in [9.17, 15) is 4.39 Å². The summed E-state index contributed by atoms with van der Waals surface area (Å²) in [6.45, 7) is 0.877. The first-order chi connectivity index (χ1) is 15.2. The molecule has 0 saturated heterocycles. The van der Waals surface area contributed by atoms with E-state index in [-0.39, 0.29) is 11.9 Å². The first-order valence-corrected chi connectivity index (χ1v) is 9.64. The van der Waals surface area contributed by atoms with Crippen molar-refractivity contribution in [2.24, 2.45) is 0 Å². The van der Waals surface area contributed by atoms with E-state index in [1.165, 1.54) is 12.1 Å². The average Bonchev–Trinajstić information content (AvgIpc) is 3.45. The number of ether oxygens (including phenoxy) is 3. The number of nitrogens with zero attached hydrogens (tertiary/aromatic N) is 4. The lowest BCUT2D eigenvalue weighted by Gasteiger charge is -2.25. The summed E-state index contributed by atoms with van der Waals surface area (Å²) in [4.78, 5) is 8.97. The number of halogens is 1. The molecule has 0 N–H and O–H groups in total. The van der Waals surface area contributed by atoms with Gasteiger partial charge in [0.2, 0.25) is 5.82 Å². The van der Waals surface area contributed by atoms with Gasteiger partial charge in [-0.15, -0.1) is 0 Å². The number of hydrogen-bond acceptors (Lipinski definition) is 7. The number of benzene rings is 2. The minimum absolute atomic E-state index is 0.183. The Morgan fingerprint density at radius 1 is 1.10 bits per heavy atom. The van der Waals surface area contributed by atoms with Gasteiger partial charge in [0.05, 0.1) is 45.0 Å². The topological polar surface area (TPSA) is 84.4 Å². The Balaban J connectivity index is 1.42. The molecular formula is C22H19FN4O4. The Bertz CT molecular complexity index is 1220. The van der Waals surface area contributed by atoms with E-state index in [4.69, 9.17) is 18.7 Å². The molecule has 4 aromatic rings. The zero-order valence-corrected chi connectivity index (χ0v) is 16.9. The molecule has 1 atom stereocenters. The minimum Gasteiger partial charge on any atom is -0.497 e. The van der Waals surface area contributed by atoms with E-state index in [1.807, 2.05) is 10.6 Å². The van der Waals surface area contributed by atoms with Crippen LogP contribution in [0.2, 0.25) is 0 Å². The van der Waals surface area contributed by atoms with Crippen molar-refractivity contribution in [2.45, 2.75) is 19.3 Å². The summed E-state index contributed by atoms with van der Waals surface area (Å²) in [5.74, 6) is 1.65. The maximum absolute atomic E-state index is 13.2. The molecule has 3 heterocycles. The third-order valence-corrected chi connectivity index (χ3v) is 5.25. The molecule has 158 valence electrons. The molecule has 0 fully saturated rings. The lowest BCUT2D eigenvalue weighted by Crippen LogP contribution is -2.20. The largest absolute Gasteiger partial charge is 0.497 e. The van der Waals surface area contributed by atoms with Gasteiger partial charge in [0.25, 0.3) is 5.89 Å². The van der Waals surface area contributed by atoms with Crippen LogP contribution in [-0.2, 0) is 17.9 Å². The number of methoxy groups -OCH3 is 2. The highest BCUT2D eigenvalue weighted by atomic mass is 19.1. The summed E-state index contributed by atoms with van der Waals surface area (Å²) in [6, 6.07) is 11.7. The van der Waals surface area contributed by atoms with Crippen molar-refractivity contribution in [3.8, 4) is 34.5 Å². The van der Waals surface area contributed by atoms with E-state index >= 15 is 0 Å². The SMILES string of the molecule is COc1ccc(-c2noc(-c3ncn4c3COC(c3ccc(F)cc3)C4)n2)c(OC)c1. The van der Waals surface area contributed by atoms with Gasteiger partial charge in [0.1, 0.15) is 23.4 Å². The highest BCUT2D eigenvalue weighted by molar-refractivity contribution is 5.67. The fourth-order valence-electron chi connectivity index (χ4n) is 3.60. The summed E-state index contributed by atoms with van der Waals surface area (Å²) >= 11 is 0. The molecule has 2 aromatic carbocycles. The van der Waals surface area contributed by atoms with Crippen molar-refractivity contribution in [3.63, 3.8) is 0 Å². The number of aromatic nitrogens is 4. The van der Waals surface area contributed by atoms with Crippen molar-refractivity contribution in [2.75, 3.05) is 14.2 Å². The van der Waals surface area contributed by atoms with E-state index in [0.29, 0.717) is 47.6 Å². The van der Waals surface area contributed by atoms with Crippen molar-refractivity contribution < 1.29 is 23.1 Å². The number of fused-ring (bicyclic) bond motifs is 1. The third-order valence-electron chi connectivity index (χ3n) is 5.25. The zero-order valence-electron chi connectivity index (χ0n) is 16.9. The average molecular weight is 422 g/mol. The highest BCUT2D eigenvalue weighted by Gasteiger charge is 2.27. The number of hydrogen-bond donors (Lipinski definition) is 0. The van der Waals surface area contributed by atoms with Crippen molar-refractivity contribution >= 4 is 0 Å². The molecular weight excluding hydrogens is 403 g/mol. The van der Waals surface area contributed by atoms with Crippen LogP contribution in [0.25, 0.3) is 23.0 Å². The van der Waals surface area contributed by atoms with Gasteiger partial charge < -0.3 is 23.3 Å². The van der Waals surface area contributed by atoms with Gasteiger partial charge in [0.15, 0.2) is 5.69 Å². The quantitative estimate of drug-likeness (QED) is 0.480. The summed E-state index contributed by atoms with van der Waals surface area (Å²) in [5.41, 5.74) is 3.01. The predicted molar refractivity (Wildman–Crippen MR) is 108 cm³/mol. The van der Waals surface area contributed by atoms with Crippen molar-refractivity contribution in [1.29, 1.82) is 0 Å².